The molecule has 6 amide bonds. The van der Waals surface area contributed by atoms with E-state index < -0.39 is 47.6 Å². The fourth-order valence-corrected chi connectivity index (χ4v) is 8.68. The van der Waals surface area contributed by atoms with Crippen LogP contribution in [0, 0.1) is 5.92 Å². The van der Waals surface area contributed by atoms with Crippen molar-refractivity contribution in [3.05, 3.63) is 106 Å². The van der Waals surface area contributed by atoms with Gasteiger partial charge in [-0.25, -0.2) is 4.79 Å². The van der Waals surface area contributed by atoms with Gasteiger partial charge in [-0.2, -0.15) is 0 Å². The second-order valence-electron chi connectivity index (χ2n) is 15.5. The van der Waals surface area contributed by atoms with E-state index >= 15 is 0 Å². The number of amides is 6. The lowest BCUT2D eigenvalue weighted by molar-refractivity contribution is -0.128. The van der Waals surface area contributed by atoms with Crippen LogP contribution in [0.2, 0.25) is 0 Å². The van der Waals surface area contributed by atoms with Gasteiger partial charge in [0.25, 0.3) is 23.6 Å². The molecule has 3 aliphatic rings. The highest BCUT2D eigenvalue weighted by atomic mass is 16.5. The zero-order valence-electron chi connectivity index (χ0n) is 33.2. The summed E-state index contributed by atoms with van der Waals surface area (Å²) in [6, 6.07) is 21.2. The molecule has 5 N–H and O–H groups in total. The molecule has 0 saturated carbocycles. The van der Waals surface area contributed by atoms with Crippen LogP contribution in [0.4, 0.5) is 4.79 Å². The fraction of sp³-hybridized carbons (Fsp3) is 0.370. The molecule has 1 aliphatic carbocycles. The number of hydrogen-bond acceptors (Lipinski definition) is 9. The molecule has 4 aromatic carbocycles. The van der Waals surface area contributed by atoms with E-state index in [1.165, 1.54) is 17.0 Å². The van der Waals surface area contributed by atoms with E-state index in [1.807, 2.05) is 55.5 Å². The first-order valence-corrected chi connectivity index (χ1v) is 20.5. The number of unbranched alkanes of at least 4 members (excludes halogenated alkanes) is 3. The number of nitrogens with zero attached hydrogens (tertiary/aromatic N) is 2. The molecule has 2 heterocycles. The number of benzene rings is 4. The van der Waals surface area contributed by atoms with Crippen LogP contribution in [-0.4, -0.2) is 83.5 Å². The largest absolute Gasteiger partial charge is 0.449 e. The van der Waals surface area contributed by atoms with Crippen molar-refractivity contribution >= 4 is 52.2 Å². The molecule has 2 atom stereocenters. The SMILES string of the molecule is CCCCN1C(=O)c2ccc3c4c(ccc(c24)C1=O)C(=O)N(CCCCC(CC(=O)C(CCCCN)NC(=O)OCC1c2ccccc2-c2ccccc21)C(N)=O)C3=O. The molecule has 7 rings (SSSR count). The maximum Gasteiger partial charge on any atom is 0.407 e. The molecule has 0 aromatic heterocycles. The summed E-state index contributed by atoms with van der Waals surface area (Å²) >= 11 is 0. The van der Waals surface area contributed by atoms with Crippen molar-refractivity contribution in [1.29, 1.82) is 0 Å². The quantitative estimate of drug-likeness (QED) is 0.0741. The Bertz CT molecular complexity index is 2240. The maximum atomic E-state index is 13.7. The highest BCUT2D eigenvalue weighted by Crippen LogP contribution is 2.44. The van der Waals surface area contributed by atoms with Crippen molar-refractivity contribution in [3.63, 3.8) is 0 Å². The van der Waals surface area contributed by atoms with Crippen LogP contribution >= 0.6 is 0 Å². The van der Waals surface area contributed by atoms with Gasteiger partial charge in [0.2, 0.25) is 5.91 Å². The number of ketones is 1. The normalized spacial score (nSPS) is 15.3. The van der Waals surface area contributed by atoms with Crippen molar-refractivity contribution < 1.29 is 38.3 Å². The summed E-state index contributed by atoms with van der Waals surface area (Å²) in [6.45, 7) is 2.78. The van der Waals surface area contributed by atoms with E-state index in [-0.39, 0.29) is 66.5 Å². The summed E-state index contributed by atoms with van der Waals surface area (Å²) < 4.78 is 5.71. The molecule has 4 aromatic rings. The molecule has 0 fully saturated rings. The number of nitrogens with one attached hydrogen (secondary N) is 1. The molecule has 2 unspecified atom stereocenters. The predicted molar refractivity (Wildman–Crippen MR) is 221 cm³/mol. The number of hydrogen-bond donors (Lipinski definition) is 3. The molecule has 13 heteroatoms. The van der Waals surface area contributed by atoms with Crippen molar-refractivity contribution in [3.8, 4) is 11.1 Å². The smallest absolute Gasteiger partial charge is 0.407 e. The standard InChI is InChI=1S/C46H49N5O8/c1-2-3-23-50-42(54)32-18-20-34-40-35(21-19-33(39(32)40)43(50)55)45(57)51(44(34)56)24-11-9-12-27(41(48)53)25-38(52)37(17-8-10-22-47)49-46(58)59-26-36-30-15-6-4-13-28(30)29-14-5-7-16-31(29)36/h4-7,13-16,18-21,27,36-37H,2-3,8-12,17,22-26,47H2,1H3,(H2,48,53)(H,49,58). The van der Waals surface area contributed by atoms with E-state index in [4.69, 9.17) is 16.2 Å². The summed E-state index contributed by atoms with van der Waals surface area (Å²) in [4.78, 5) is 96.0. The Labute approximate surface area is 342 Å². The Morgan fingerprint density at radius 3 is 1.64 bits per heavy atom. The summed E-state index contributed by atoms with van der Waals surface area (Å²) in [5.41, 5.74) is 16.8. The Balaban J connectivity index is 0.960. The van der Waals surface area contributed by atoms with Crippen LogP contribution in [0.25, 0.3) is 21.9 Å². The highest BCUT2D eigenvalue weighted by molar-refractivity contribution is 6.33. The molecule has 13 nitrogen and oxygen atoms in total. The molecule has 2 aliphatic heterocycles. The fourth-order valence-electron chi connectivity index (χ4n) is 8.68. The zero-order valence-corrected chi connectivity index (χ0v) is 33.2. The van der Waals surface area contributed by atoms with Gasteiger partial charge in [0.15, 0.2) is 5.78 Å². The molecule has 0 bridgehead atoms. The van der Waals surface area contributed by atoms with Gasteiger partial charge in [-0.3, -0.25) is 38.6 Å². The number of nitrogens with two attached hydrogens (primary N) is 2. The number of alkyl carbamates (subject to hydrolysis) is 1. The van der Waals surface area contributed by atoms with Crippen LogP contribution in [-0.2, 0) is 14.3 Å². The van der Waals surface area contributed by atoms with Gasteiger partial charge < -0.3 is 21.5 Å². The Hall–Kier alpha value is -6.21. The second kappa shape index (κ2) is 17.7. The Morgan fingerprint density at radius 1 is 0.661 bits per heavy atom. The first-order valence-electron chi connectivity index (χ1n) is 20.5. The first kappa shape index (κ1) is 41.0. The third-order valence-corrected chi connectivity index (χ3v) is 11.8. The number of carbonyl (C=O) groups excluding carboxylic acids is 7. The maximum absolute atomic E-state index is 13.7. The number of carbonyl (C=O) groups is 7. The lowest BCUT2D eigenvalue weighted by atomic mass is 9.85. The topological polar surface area (TPSA) is 199 Å². The minimum absolute atomic E-state index is 0.0369. The van der Waals surface area contributed by atoms with E-state index in [2.05, 4.69) is 5.32 Å². The lowest BCUT2D eigenvalue weighted by Crippen LogP contribution is -2.43. The van der Waals surface area contributed by atoms with Crippen LogP contribution < -0.4 is 16.8 Å². The molecule has 59 heavy (non-hydrogen) atoms. The average Bonchev–Trinajstić information content (AvgIpc) is 3.56. The number of fused-ring (bicyclic) bond motifs is 3. The van der Waals surface area contributed by atoms with Crippen LogP contribution in [0.15, 0.2) is 72.8 Å². The molecular weight excluding hydrogens is 751 g/mol. The third-order valence-electron chi connectivity index (χ3n) is 11.8. The monoisotopic (exact) mass is 799 g/mol. The second-order valence-corrected chi connectivity index (χ2v) is 15.5. The van der Waals surface area contributed by atoms with Crippen LogP contribution in [0.1, 0.15) is 123 Å². The van der Waals surface area contributed by atoms with Gasteiger partial charge in [-0.1, -0.05) is 68.3 Å². The highest BCUT2D eigenvalue weighted by Gasteiger charge is 2.39. The first-order chi connectivity index (χ1) is 28.5. The van der Waals surface area contributed by atoms with Gasteiger partial charge in [0, 0.05) is 64.4 Å². The van der Waals surface area contributed by atoms with Gasteiger partial charge >= 0.3 is 6.09 Å². The Morgan fingerprint density at radius 2 is 1.15 bits per heavy atom. The zero-order chi connectivity index (χ0) is 41.8. The minimum Gasteiger partial charge on any atom is -0.449 e. The van der Waals surface area contributed by atoms with Gasteiger partial charge in [-0.05, 0) is 91.6 Å². The van der Waals surface area contributed by atoms with Crippen molar-refractivity contribution in [1.82, 2.24) is 15.1 Å². The van der Waals surface area contributed by atoms with Crippen molar-refractivity contribution in [2.24, 2.45) is 17.4 Å². The number of rotatable bonds is 19. The van der Waals surface area contributed by atoms with E-state index in [0.717, 1.165) is 33.6 Å². The third kappa shape index (κ3) is 7.99. The summed E-state index contributed by atoms with van der Waals surface area (Å²) in [5, 5.41) is 3.37. The molecule has 0 radical (unpaired) electrons. The molecule has 306 valence electrons. The summed E-state index contributed by atoms with van der Waals surface area (Å²) in [5.74, 6) is -4.00. The van der Waals surface area contributed by atoms with E-state index in [1.54, 1.807) is 12.1 Å². The van der Waals surface area contributed by atoms with Crippen LogP contribution in [0.5, 0.6) is 0 Å². The Kier molecular flexibility index (Phi) is 12.3. The predicted octanol–water partition coefficient (Wildman–Crippen LogP) is 6.10. The van der Waals surface area contributed by atoms with E-state index in [9.17, 15) is 33.6 Å². The van der Waals surface area contributed by atoms with Gasteiger partial charge in [0.1, 0.15) is 6.61 Å². The van der Waals surface area contributed by atoms with Crippen molar-refractivity contribution in [2.45, 2.75) is 76.7 Å². The molecule has 0 saturated heterocycles. The number of ether oxygens (including phenoxy) is 1. The van der Waals surface area contributed by atoms with Crippen molar-refractivity contribution in [2.75, 3.05) is 26.2 Å². The number of Topliss-reactive ketones (excluding diaryl/α,β-unsaturated/α-hetero) is 1. The van der Waals surface area contributed by atoms with E-state index in [0.29, 0.717) is 55.8 Å². The number of primary amides is 1. The summed E-state index contributed by atoms with van der Waals surface area (Å²) in [6.07, 6.45) is 2.94. The minimum atomic E-state index is -0.920. The van der Waals surface area contributed by atoms with Gasteiger partial charge in [-0.15, -0.1) is 0 Å². The van der Waals surface area contributed by atoms with Crippen LogP contribution in [0.3, 0.4) is 0 Å². The summed E-state index contributed by atoms with van der Waals surface area (Å²) in [7, 11) is 0. The average molecular weight is 800 g/mol. The number of imide groups is 2. The van der Waals surface area contributed by atoms with Gasteiger partial charge in [0.05, 0.1) is 6.04 Å². The molecular formula is C46H49N5O8. The molecule has 0 spiro atoms. The lowest BCUT2D eigenvalue weighted by Gasteiger charge is -2.32.